The quantitative estimate of drug-likeness (QED) is 0.320. The largest absolute Gasteiger partial charge is 0.496 e. The highest BCUT2D eigenvalue weighted by Crippen LogP contribution is 2.37. The predicted molar refractivity (Wildman–Crippen MR) is 137 cm³/mol. The lowest BCUT2D eigenvalue weighted by Crippen LogP contribution is -2.33. The van der Waals surface area contributed by atoms with Gasteiger partial charge in [0.05, 0.1) is 19.2 Å². The number of aryl methyl sites for hydroxylation is 1. The molecule has 0 saturated carbocycles. The van der Waals surface area contributed by atoms with Crippen molar-refractivity contribution in [3.63, 3.8) is 0 Å². The van der Waals surface area contributed by atoms with Gasteiger partial charge >= 0.3 is 0 Å². The first-order valence-corrected chi connectivity index (χ1v) is 12.8. The van der Waals surface area contributed by atoms with Crippen molar-refractivity contribution < 1.29 is 14.3 Å². The summed E-state index contributed by atoms with van der Waals surface area (Å²) in [5.41, 5.74) is 5.37. The maximum atomic E-state index is 12.9. The summed E-state index contributed by atoms with van der Waals surface area (Å²) in [7, 11) is 1.73. The summed E-state index contributed by atoms with van der Waals surface area (Å²) in [5, 5.41) is 0. The molecule has 0 unspecified atom stereocenters. The van der Waals surface area contributed by atoms with Crippen molar-refractivity contribution in [1.29, 1.82) is 0 Å². The van der Waals surface area contributed by atoms with Crippen LogP contribution in [-0.2, 0) is 24.1 Å². The van der Waals surface area contributed by atoms with Crippen molar-refractivity contribution in [3.05, 3.63) is 58.7 Å². The smallest absolute Gasteiger partial charge is 0.231 e. The van der Waals surface area contributed by atoms with Crippen LogP contribution in [0.25, 0.3) is 0 Å². The summed E-state index contributed by atoms with van der Waals surface area (Å²) in [5.74, 6) is 1.36. The van der Waals surface area contributed by atoms with Crippen molar-refractivity contribution in [3.8, 4) is 5.75 Å². The monoisotopic (exact) mass is 462 g/mol. The molecule has 0 spiro atoms. The van der Waals surface area contributed by atoms with E-state index in [4.69, 9.17) is 4.74 Å². The van der Waals surface area contributed by atoms with Crippen LogP contribution in [0.15, 0.2) is 36.4 Å². The molecule has 182 valence electrons. The number of amides is 1. The average molecular weight is 463 g/mol. The van der Waals surface area contributed by atoms with Gasteiger partial charge in [0, 0.05) is 31.1 Å². The highest BCUT2D eigenvalue weighted by Gasteiger charge is 2.32. The van der Waals surface area contributed by atoms with Crippen molar-refractivity contribution in [2.45, 2.75) is 71.3 Å². The van der Waals surface area contributed by atoms with Gasteiger partial charge in [-0.05, 0) is 87.4 Å². The highest BCUT2D eigenvalue weighted by atomic mass is 16.5. The Kier molecular flexibility index (Phi) is 8.04. The molecule has 2 heterocycles. The Labute approximate surface area is 204 Å². The Morgan fingerprint density at radius 3 is 2.68 bits per heavy atom. The van der Waals surface area contributed by atoms with Gasteiger partial charge in [-0.25, -0.2) is 0 Å². The molecule has 0 fully saturated rings. The topological polar surface area (TPSA) is 49.9 Å². The summed E-state index contributed by atoms with van der Waals surface area (Å²) < 4.78 is 5.49. The van der Waals surface area contributed by atoms with E-state index in [1.54, 1.807) is 7.11 Å². The SMILES string of the molecule is COc1ccccc1CCN(CCCCCC(=O)c1cc2c3c(c1)CC(=O)N3CCC2)C(C)C. The third-order valence-corrected chi connectivity index (χ3v) is 7.27. The number of ketones is 1. The van der Waals surface area contributed by atoms with E-state index in [0.717, 1.165) is 80.7 Å². The molecular weight excluding hydrogens is 424 g/mol. The molecule has 4 rings (SSSR count). The fourth-order valence-corrected chi connectivity index (χ4v) is 5.36. The number of carbonyl (C=O) groups is 2. The minimum absolute atomic E-state index is 0.181. The van der Waals surface area contributed by atoms with Gasteiger partial charge in [0.1, 0.15) is 5.75 Å². The second-order valence-corrected chi connectivity index (χ2v) is 9.89. The van der Waals surface area contributed by atoms with E-state index in [0.29, 0.717) is 18.9 Å². The molecule has 0 bridgehead atoms. The lowest BCUT2D eigenvalue weighted by molar-refractivity contribution is -0.117. The second kappa shape index (κ2) is 11.2. The third-order valence-electron chi connectivity index (χ3n) is 7.27. The molecule has 5 heteroatoms. The number of anilines is 1. The van der Waals surface area contributed by atoms with Crippen molar-refractivity contribution in [2.75, 3.05) is 31.6 Å². The van der Waals surface area contributed by atoms with Gasteiger partial charge in [-0.1, -0.05) is 24.6 Å². The zero-order valence-corrected chi connectivity index (χ0v) is 20.9. The van der Waals surface area contributed by atoms with Gasteiger partial charge in [-0.3, -0.25) is 9.59 Å². The first-order valence-electron chi connectivity index (χ1n) is 12.8. The van der Waals surface area contributed by atoms with Crippen LogP contribution >= 0.6 is 0 Å². The maximum Gasteiger partial charge on any atom is 0.231 e. The van der Waals surface area contributed by atoms with E-state index >= 15 is 0 Å². The first-order chi connectivity index (χ1) is 16.5. The van der Waals surface area contributed by atoms with Gasteiger partial charge < -0.3 is 14.5 Å². The van der Waals surface area contributed by atoms with Crippen LogP contribution in [0.5, 0.6) is 5.75 Å². The van der Waals surface area contributed by atoms with Crippen LogP contribution in [0, 0.1) is 0 Å². The van der Waals surface area contributed by atoms with Gasteiger partial charge in [-0.15, -0.1) is 0 Å². The first kappa shape index (κ1) is 24.5. The fourth-order valence-electron chi connectivity index (χ4n) is 5.36. The lowest BCUT2D eigenvalue weighted by Gasteiger charge is -2.26. The predicted octanol–water partition coefficient (Wildman–Crippen LogP) is 5.23. The molecule has 2 aromatic carbocycles. The number of Topliss-reactive ketones (excluding diaryl/α,β-unsaturated/α-hetero) is 1. The highest BCUT2D eigenvalue weighted by molar-refractivity contribution is 6.05. The summed E-state index contributed by atoms with van der Waals surface area (Å²) in [6, 6.07) is 12.8. The standard InChI is InChI=1S/C29H38N2O3/c1-21(2)30(17-14-22-10-6-7-13-27(22)34-3)15-8-4-5-12-26(32)24-18-23-11-9-16-31-28(33)20-25(19-24)29(23)31/h6-7,10,13,18-19,21H,4-5,8-9,11-12,14-17,20H2,1-3H3. The Morgan fingerprint density at radius 2 is 1.88 bits per heavy atom. The van der Waals surface area contributed by atoms with Crippen LogP contribution in [0.1, 0.15) is 73.0 Å². The molecule has 2 aromatic rings. The zero-order valence-electron chi connectivity index (χ0n) is 20.9. The number of methoxy groups -OCH3 is 1. The van der Waals surface area contributed by atoms with Crippen LogP contribution in [0.4, 0.5) is 5.69 Å². The Balaban J connectivity index is 1.23. The van der Waals surface area contributed by atoms with E-state index in [1.165, 1.54) is 11.1 Å². The van der Waals surface area contributed by atoms with Gasteiger partial charge in [0.15, 0.2) is 5.78 Å². The van der Waals surface area contributed by atoms with Crippen molar-refractivity contribution in [2.24, 2.45) is 0 Å². The molecule has 34 heavy (non-hydrogen) atoms. The minimum Gasteiger partial charge on any atom is -0.496 e. The molecule has 5 nitrogen and oxygen atoms in total. The average Bonchev–Trinajstić information content (AvgIpc) is 3.17. The summed E-state index contributed by atoms with van der Waals surface area (Å²) in [6.07, 6.45) is 7.01. The van der Waals surface area contributed by atoms with Gasteiger partial charge in [0.25, 0.3) is 0 Å². The Morgan fingerprint density at radius 1 is 1.09 bits per heavy atom. The van der Waals surface area contributed by atoms with Crippen LogP contribution < -0.4 is 9.64 Å². The number of unbranched alkanes of at least 4 members (excludes halogenated alkanes) is 2. The van der Waals surface area contributed by atoms with E-state index in [2.05, 4.69) is 30.9 Å². The molecule has 0 aromatic heterocycles. The van der Waals surface area contributed by atoms with Gasteiger partial charge in [-0.2, -0.15) is 0 Å². The number of para-hydroxylation sites is 1. The normalized spacial score (nSPS) is 14.7. The molecule has 2 aliphatic heterocycles. The summed E-state index contributed by atoms with van der Waals surface area (Å²) >= 11 is 0. The second-order valence-electron chi connectivity index (χ2n) is 9.89. The van der Waals surface area contributed by atoms with Crippen LogP contribution in [-0.4, -0.2) is 49.4 Å². The number of benzene rings is 2. The zero-order chi connectivity index (χ0) is 24.1. The molecule has 0 saturated heterocycles. The molecule has 0 N–H and O–H groups in total. The van der Waals surface area contributed by atoms with E-state index < -0.39 is 0 Å². The van der Waals surface area contributed by atoms with Gasteiger partial charge in [0.2, 0.25) is 5.91 Å². The molecular formula is C29H38N2O3. The van der Waals surface area contributed by atoms with E-state index in [9.17, 15) is 9.59 Å². The number of nitrogens with zero attached hydrogens (tertiary/aromatic N) is 2. The fraction of sp³-hybridized carbons (Fsp3) is 0.517. The summed E-state index contributed by atoms with van der Waals surface area (Å²) in [6.45, 7) is 7.36. The van der Waals surface area contributed by atoms with E-state index in [-0.39, 0.29) is 11.7 Å². The number of carbonyl (C=O) groups excluding carboxylic acids is 2. The molecule has 0 aliphatic carbocycles. The lowest BCUT2D eigenvalue weighted by atomic mass is 9.94. The number of ether oxygens (including phenoxy) is 1. The Hall–Kier alpha value is -2.66. The molecule has 0 radical (unpaired) electrons. The van der Waals surface area contributed by atoms with Crippen molar-refractivity contribution in [1.82, 2.24) is 4.90 Å². The Bertz CT molecular complexity index is 1030. The number of rotatable bonds is 12. The number of hydrogen-bond acceptors (Lipinski definition) is 4. The molecule has 0 atom stereocenters. The van der Waals surface area contributed by atoms with Crippen LogP contribution in [0.2, 0.25) is 0 Å². The maximum absolute atomic E-state index is 12.9. The van der Waals surface area contributed by atoms with Crippen molar-refractivity contribution >= 4 is 17.4 Å². The molecule has 1 amide bonds. The third kappa shape index (κ3) is 5.52. The van der Waals surface area contributed by atoms with Crippen LogP contribution in [0.3, 0.4) is 0 Å². The minimum atomic E-state index is 0.181. The number of hydrogen-bond donors (Lipinski definition) is 0. The molecule has 2 aliphatic rings. The summed E-state index contributed by atoms with van der Waals surface area (Å²) in [4.78, 5) is 29.6. The van der Waals surface area contributed by atoms with E-state index in [1.807, 2.05) is 29.2 Å².